The van der Waals surface area contributed by atoms with E-state index in [0.29, 0.717) is 0 Å². The predicted molar refractivity (Wildman–Crippen MR) is 49.4 cm³/mol. The lowest BCUT2D eigenvalue weighted by molar-refractivity contribution is 1.45. The largest absolute Gasteiger partial charge is 0.125 e. The molecule has 11 heavy (non-hydrogen) atoms. The Morgan fingerprint density at radius 1 is 1.27 bits per heavy atom. The summed E-state index contributed by atoms with van der Waals surface area (Å²) in [7, 11) is 0. The Hall–Kier alpha value is -1.26. The minimum absolute atomic E-state index is 1.10. The minimum Gasteiger partial charge on any atom is -0.125 e. The first kappa shape index (κ1) is 7.84. The van der Waals surface area contributed by atoms with E-state index in [1.54, 1.807) is 0 Å². The topological polar surface area (TPSA) is 0 Å². The van der Waals surface area contributed by atoms with Gasteiger partial charge in [-0.15, -0.1) is 5.73 Å². The van der Waals surface area contributed by atoms with Gasteiger partial charge in [0.1, 0.15) is 0 Å². The van der Waals surface area contributed by atoms with Gasteiger partial charge in [-0.1, -0.05) is 36.4 Å². The molecule has 0 saturated carbocycles. The first-order valence-electron chi connectivity index (χ1n) is 3.67. The zero-order chi connectivity index (χ0) is 8.27. The van der Waals surface area contributed by atoms with Crippen LogP contribution in [-0.4, -0.2) is 0 Å². The molecule has 0 heterocycles. The van der Waals surface area contributed by atoms with Crippen molar-refractivity contribution in [3.05, 3.63) is 47.7 Å². The highest BCUT2D eigenvalue weighted by atomic mass is 14.0. The quantitative estimate of drug-likeness (QED) is 0.531. The van der Waals surface area contributed by atoms with E-state index in [9.17, 15) is 0 Å². The number of hydrogen-bond donors (Lipinski definition) is 0. The Balaban J connectivity index is 3.08. The maximum Gasteiger partial charge on any atom is -0.00252 e. The average Bonchev–Trinajstić information content (AvgIpc) is 2.05. The van der Waals surface area contributed by atoms with Crippen LogP contribution in [0.3, 0.4) is 0 Å². The van der Waals surface area contributed by atoms with Crippen LogP contribution < -0.4 is 0 Å². The minimum atomic E-state index is 1.10. The van der Waals surface area contributed by atoms with Gasteiger partial charge in [0.2, 0.25) is 0 Å². The SMILES string of the molecule is C=C=C(C)c1ccc(C)cc1. The van der Waals surface area contributed by atoms with Crippen LogP contribution in [0.5, 0.6) is 0 Å². The number of allylic oxidation sites excluding steroid dienone is 1. The average molecular weight is 144 g/mol. The van der Waals surface area contributed by atoms with Crippen molar-refractivity contribution in [2.24, 2.45) is 0 Å². The van der Waals surface area contributed by atoms with Crippen molar-refractivity contribution in [2.45, 2.75) is 13.8 Å². The molecule has 0 saturated heterocycles. The van der Waals surface area contributed by atoms with Crippen LogP contribution in [0.25, 0.3) is 5.57 Å². The highest BCUT2D eigenvalue weighted by molar-refractivity contribution is 5.62. The van der Waals surface area contributed by atoms with Gasteiger partial charge in [0.25, 0.3) is 0 Å². The normalized spacial score (nSPS) is 8.91. The van der Waals surface area contributed by atoms with Crippen LogP contribution in [0.2, 0.25) is 0 Å². The van der Waals surface area contributed by atoms with E-state index >= 15 is 0 Å². The fourth-order valence-corrected chi connectivity index (χ4v) is 0.906. The Labute approximate surface area is 67.9 Å². The zero-order valence-electron chi connectivity index (χ0n) is 7.02. The lowest BCUT2D eigenvalue weighted by Crippen LogP contribution is -1.77. The molecule has 0 atom stereocenters. The fourth-order valence-electron chi connectivity index (χ4n) is 0.906. The lowest BCUT2D eigenvalue weighted by Gasteiger charge is -1.97. The summed E-state index contributed by atoms with van der Waals surface area (Å²) in [5.41, 5.74) is 6.45. The van der Waals surface area contributed by atoms with E-state index < -0.39 is 0 Å². The first-order valence-corrected chi connectivity index (χ1v) is 3.67. The van der Waals surface area contributed by atoms with Gasteiger partial charge < -0.3 is 0 Å². The third-order valence-corrected chi connectivity index (χ3v) is 1.75. The van der Waals surface area contributed by atoms with E-state index in [4.69, 9.17) is 0 Å². The van der Waals surface area contributed by atoms with Crippen LogP contribution in [0.15, 0.2) is 36.6 Å². The molecule has 1 aromatic carbocycles. The second-order valence-corrected chi connectivity index (χ2v) is 2.67. The van der Waals surface area contributed by atoms with E-state index in [1.807, 2.05) is 6.92 Å². The molecule has 0 aliphatic rings. The van der Waals surface area contributed by atoms with E-state index in [-0.39, 0.29) is 0 Å². The third kappa shape index (κ3) is 1.83. The van der Waals surface area contributed by atoms with Crippen molar-refractivity contribution >= 4 is 5.57 Å². The smallest absolute Gasteiger partial charge is 0.00252 e. The van der Waals surface area contributed by atoms with Gasteiger partial charge in [-0.3, -0.25) is 0 Å². The van der Waals surface area contributed by atoms with Crippen LogP contribution in [0, 0.1) is 6.92 Å². The summed E-state index contributed by atoms with van der Waals surface area (Å²) in [5.74, 6) is 0. The van der Waals surface area contributed by atoms with Crippen molar-refractivity contribution in [3.63, 3.8) is 0 Å². The second kappa shape index (κ2) is 3.23. The molecule has 0 spiro atoms. The molecule has 0 aliphatic carbocycles. The Bertz CT molecular complexity index is 284. The fraction of sp³-hybridized carbons (Fsp3) is 0.182. The van der Waals surface area contributed by atoms with Gasteiger partial charge in [0.15, 0.2) is 0 Å². The van der Waals surface area contributed by atoms with Crippen molar-refractivity contribution in [2.75, 3.05) is 0 Å². The van der Waals surface area contributed by atoms with Crippen molar-refractivity contribution in [3.8, 4) is 0 Å². The summed E-state index contributed by atoms with van der Waals surface area (Å²) in [5, 5.41) is 0. The summed E-state index contributed by atoms with van der Waals surface area (Å²) < 4.78 is 0. The third-order valence-electron chi connectivity index (χ3n) is 1.75. The Morgan fingerprint density at radius 2 is 1.82 bits per heavy atom. The summed E-state index contributed by atoms with van der Waals surface area (Å²) in [6.07, 6.45) is 0. The van der Waals surface area contributed by atoms with Gasteiger partial charge in [-0.05, 0) is 25.0 Å². The summed E-state index contributed by atoms with van der Waals surface area (Å²) in [6, 6.07) is 8.36. The first-order chi connectivity index (χ1) is 5.24. The maximum atomic E-state index is 3.60. The van der Waals surface area contributed by atoms with E-state index in [2.05, 4.69) is 43.5 Å². The molecule has 0 heteroatoms. The molecule has 1 rings (SSSR count). The molecule has 0 amide bonds. The molecule has 0 radical (unpaired) electrons. The summed E-state index contributed by atoms with van der Waals surface area (Å²) in [6.45, 7) is 7.69. The molecule has 56 valence electrons. The van der Waals surface area contributed by atoms with Gasteiger partial charge in [-0.25, -0.2) is 0 Å². The number of benzene rings is 1. The highest BCUT2D eigenvalue weighted by Gasteiger charge is 1.91. The molecule has 1 aromatic rings. The van der Waals surface area contributed by atoms with Gasteiger partial charge >= 0.3 is 0 Å². The second-order valence-electron chi connectivity index (χ2n) is 2.67. The highest BCUT2D eigenvalue weighted by Crippen LogP contribution is 2.12. The number of rotatable bonds is 1. The van der Waals surface area contributed by atoms with Crippen molar-refractivity contribution in [1.82, 2.24) is 0 Å². The van der Waals surface area contributed by atoms with E-state index in [0.717, 1.165) is 5.57 Å². The number of hydrogen-bond acceptors (Lipinski definition) is 0. The summed E-state index contributed by atoms with van der Waals surface area (Å²) >= 11 is 0. The van der Waals surface area contributed by atoms with Gasteiger partial charge in [-0.2, -0.15) is 0 Å². The Kier molecular flexibility index (Phi) is 2.30. The molecule has 0 aromatic heterocycles. The Morgan fingerprint density at radius 3 is 2.27 bits per heavy atom. The molecule has 0 bridgehead atoms. The molecular formula is C11H12. The van der Waals surface area contributed by atoms with Crippen molar-refractivity contribution in [1.29, 1.82) is 0 Å². The van der Waals surface area contributed by atoms with E-state index in [1.165, 1.54) is 11.1 Å². The van der Waals surface area contributed by atoms with Crippen LogP contribution in [-0.2, 0) is 0 Å². The van der Waals surface area contributed by atoms with Gasteiger partial charge in [0, 0.05) is 0 Å². The molecule has 0 aliphatic heterocycles. The molecular weight excluding hydrogens is 132 g/mol. The predicted octanol–water partition coefficient (Wildman–Crippen LogP) is 3.18. The van der Waals surface area contributed by atoms with Crippen molar-refractivity contribution < 1.29 is 0 Å². The van der Waals surface area contributed by atoms with Crippen LogP contribution in [0.1, 0.15) is 18.1 Å². The molecule has 0 nitrogen and oxygen atoms in total. The molecule has 0 N–H and O–H groups in total. The number of aryl methyl sites for hydroxylation is 1. The molecule has 0 unspecified atom stereocenters. The standard InChI is InChI=1S/C11H12/c1-4-10(3)11-7-5-9(2)6-8-11/h5-8H,1H2,2-3H3. The monoisotopic (exact) mass is 144 g/mol. The lowest BCUT2D eigenvalue weighted by atomic mass is 10.1. The maximum absolute atomic E-state index is 3.60. The molecule has 0 fully saturated rings. The van der Waals surface area contributed by atoms with Crippen LogP contribution in [0.4, 0.5) is 0 Å². The summed E-state index contributed by atoms with van der Waals surface area (Å²) in [4.78, 5) is 0. The van der Waals surface area contributed by atoms with Gasteiger partial charge in [0.05, 0.1) is 0 Å². The van der Waals surface area contributed by atoms with Crippen LogP contribution >= 0.6 is 0 Å². The zero-order valence-corrected chi connectivity index (χ0v) is 7.02.